The molecule has 2 N–H and O–H groups in total. The number of ether oxygens (including phenoxy) is 4. The van der Waals surface area contributed by atoms with Crippen LogP contribution < -0.4 is 5.73 Å². The molecule has 0 aliphatic rings. The first kappa shape index (κ1) is 22.7. The number of thiol groups is 1. The summed E-state index contributed by atoms with van der Waals surface area (Å²) in [7, 11) is 0. The van der Waals surface area contributed by atoms with Crippen molar-refractivity contribution in [3.8, 4) is 11.8 Å². The highest BCUT2D eigenvalue weighted by atomic mass is 32.1. The molecule has 0 bridgehead atoms. The van der Waals surface area contributed by atoms with Crippen LogP contribution in [0.25, 0.3) is 0 Å². The van der Waals surface area contributed by atoms with Crippen LogP contribution >= 0.6 is 12.6 Å². The summed E-state index contributed by atoms with van der Waals surface area (Å²) in [6.45, 7) is 7.21. The van der Waals surface area contributed by atoms with Gasteiger partial charge in [0.2, 0.25) is 0 Å². The van der Waals surface area contributed by atoms with Gasteiger partial charge in [0.1, 0.15) is 6.61 Å². The fourth-order valence-electron chi connectivity index (χ4n) is 1.71. The molecule has 0 spiro atoms. The summed E-state index contributed by atoms with van der Waals surface area (Å²) >= 11 is 4.21. The maximum atomic E-state index is 5.39. The second-order valence-corrected chi connectivity index (χ2v) is 5.65. The molecule has 1 atom stereocenters. The highest BCUT2D eigenvalue weighted by Crippen LogP contribution is 2.09. The van der Waals surface area contributed by atoms with Crippen LogP contribution in [0.4, 0.5) is 0 Å². The van der Waals surface area contributed by atoms with E-state index in [0.717, 1.165) is 18.6 Å². The molecule has 0 heterocycles. The molecule has 136 valence electrons. The average Bonchev–Trinajstić information content (AvgIpc) is 2.56. The first-order chi connectivity index (χ1) is 11.3. The van der Waals surface area contributed by atoms with Gasteiger partial charge in [-0.2, -0.15) is 12.6 Å². The molecule has 0 amide bonds. The van der Waals surface area contributed by atoms with Gasteiger partial charge in [-0.15, -0.1) is 5.92 Å². The quantitative estimate of drug-likeness (QED) is 0.253. The lowest BCUT2D eigenvalue weighted by molar-refractivity contribution is 0.00222. The van der Waals surface area contributed by atoms with Crippen molar-refractivity contribution in [1.82, 2.24) is 0 Å². The van der Waals surface area contributed by atoms with Crippen LogP contribution in [0.2, 0.25) is 0 Å². The fraction of sp³-hybridized carbons (Fsp3) is 0.882. The molecule has 0 fully saturated rings. The topological polar surface area (TPSA) is 62.9 Å². The molecule has 23 heavy (non-hydrogen) atoms. The van der Waals surface area contributed by atoms with Gasteiger partial charge in [0.15, 0.2) is 0 Å². The zero-order valence-corrected chi connectivity index (χ0v) is 15.3. The Morgan fingerprint density at radius 2 is 1.43 bits per heavy atom. The minimum atomic E-state index is 0.470. The van der Waals surface area contributed by atoms with E-state index in [1.54, 1.807) is 0 Å². The summed E-state index contributed by atoms with van der Waals surface area (Å²) in [5.41, 5.74) is 5.30. The Bertz CT molecular complexity index is 294. The Morgan fingerprint density at radius 3 is 2.00 bits per heavy atom. The summed E-state index contributed by atoms with van der Waals surface area (Å²) < 4.78 is 21.3. The molecule has 6 heteroatoms. The number of rotatable bonds is 16. The minimum absolute atomic E-state index is 0.470. The Balaban J connectivity index is 3.16. The van der Waals surface area contributed by atoms with E-state index < -0.39 is 0 Å². The molecule has 0 aromatic heterocycles. The molecule has 5 nitrogen and oxygen atoms in total. The molecule has 0 aromatic rings. The van der Waals surface area contributed by atoms with Crippen molar-refractivity contribution in [3.63, 3.8) is 0 Å². The lowest BCUT2D eigenvalue weighted by Gasteiger charge is -2.06. The highest BCUT2D eigenvalue weighted by Gasteiger charge is 1.97. The average molecular weight is 348 g/mol. The summed E-state index contributed by atoms with van der Waals surface area (Å²) in [5, 5.41) is 0. The van der Waals surface area contributed by atoms with Crippen molar-refractivity contribution in [2.45, 2.75) is 26.2 Å². The van der Waals surface area contributed by atoms with Gasteiger partial charge in [0, 0.05) is 13.0 Å². The fourth-order valence-corrected chi connectivity index (χ4v) is 1.89. The predicted octanol–water partition coefficient (Wildman–Crippen LogP) is 1.75. The molecule has 0 aliphatic carbocycles. The standard InChI is InChI=1S/C17H33NO4S/c1-17(6-4-16-23)5-2-3-8-19-10-12-21-14-15-22-13-11-20-9-7-18/h17,23H,4-16,18H2,1H3/t17-/m0/s1. The first-order valence-corrected chi connectivity index (χ1v) is 9.02. The second kappa shape index (κ2) is 19.8. The van der Waals surface area contributed by atoms with Gasteiger partial charge in [-0.05, 0) is 24.5 Å². The van der Waals surface area contributed by atoms with E-state index in [2.05, 4.69) is 31.4 Å². The first-order valence-electron chi connectivity index (χ1n) is 8.38. The van der Waals surface area contributed by atoms with Crippen molar-refractivity contribution in [1.29, 1.82) is 0 Å². The van der Waals surface area contributed by atoms with Gasteiger partial charge in [-0.1, -0.05) is 12.8 Å². The summed E-state index contributed by atoms with van der Waals surface area (Å²) in [6, 6.07) is 0. The third-order valence-electron chi connectivity index (χ3n) is 2.98. The maximum absolute atomic E-state index is 5.39. The minimum Gasteiger partial charge on any atom is -0.378 e. The van der Waals surface area contributed by atoms with E-state index in [9.17, 15) is 0 Å². The van der Waals surface area contributed by atoms with Crippen LogP contribution in [-0.2, 0) is 18.9 Å². The third kappa shape index (κ3) is 19.7. The third-order valence-corrected chi connectivity index (χ3v) is 3.30. The van der Waals surface area contributed by atoms with E-state index in [1.807, 2.05) is 0 Å². The molecular weight excluding hydrogens is 314 g/mol. The van der Waals surface area contributed by atoms with Crippen molar-refractivity contribution in [3.05, 3.63) is 0 Å². The number of hydrogen-bond acceptors (Lipinski definition) is 6. The Morgan fingerprint density at radius 1 is 0.870 bits per heavy atom. The van der Waals surface area contributed by atoms with E-state index in [4.69, 9.17) is 24.7 Å². The Hall–Kier alpha value is -0.290. The molecule has 0 unspecified atom stereocenters. The van der Waals surface area contributed by atoms with Gasteiger partial charge in [-0.3, -0.25) is 0 Å². The largest absolute Gasteiger partial charge is 0.378 e. The summed E-state index contributed by atoms with van der Waals surface area (Å²) in [4.78, 5) is 0. The van der Waals surface area contributed by atoms with Crippen LogP contribution in [0.15, 0.2) is 0 Å². The zero-order valence-electron chi connectivity index (χ0n) is 14.4. The molecule has 0 rings (SSSR count). The molecule has 0 saturated heterocycles. The molecule has 0 radical (unpaired) electrons. The predicted molar refractivity (Wildman–Crippen MR) is 97.0 cm³/mol. The van der Waals surface area contributed by atoms with Gasteiger partial charge in [-0.25, -0.2) is 0 Å². The van der Waals surface area contributed by atoms with Crippen molar-refractivity contribution in [2.75, 3.05) is 65.2 Å². The lowest BCUT2D eigenvalue weighted by atomic mass is 10.0. The summed E-state index contributed by atoms with van der Waals surface area (Å²) in [5.74, 6) is 7.78. The maximum Gasteiger partial charge on any atom is 0.107 e. The SMILES string of the molecule is C[C@@H](CC#CCOCCOCCOCCOCCN)CCCS. The Kier molecular flexibility index (Phi) is 19.5. The van der Waals surface area contributed by atoms with Crippen LogP contribution in [0.1, 0.15) is 26.2 Å². The van der Waals surface area contributed by atoms with E-state index in [-0.39, 0.29) is 0 Å². The summed E-state index contributed by atoms with van der Waals surface area (Å²) in [6.07, 6.45) is 3.28. The van der Waals surface area contributed by atoms with Crippen molar-refractivity contribution in [2.24, 2.45) is 11.7 Å². The van der Waals surface area contributed by atoms with Crippen molar-refractivity contribution >= 4 is 12.6 Å². The second-order valence-electron chi connectivity index (χ2n) is 5.21. The van der Waals surface area contributed by atoms with E-state index in [1.165, 1.54) is 6.42 Å². The van der Waals surface area contributed by atoms with E-state index in [0.29, 0.717) is 65.3 Å². The monoisotopic (exact) mass is 347 g/mol. The van der Waals surface area contributed by atoms with E-state index >= 15 is 0 Å². The lowest BCUT2D eigenvalue weighted by Crippen LogP contribution is -2.14. The highest BCUT2D eigenvalue weighted by molar-refractivity contribution is 7.80. The van der Waals surface area contributed by atoms with Crippen LogP contribution in [0, 0.1) is 17.8 Å². The van der Waals surface area contributed by atoms with Crippen molar-refractivity contribution < 1.29 is 18.9 Å². The van der Waals surface area contributed by atoms with Gasteiger partial charge in [0.25, 0.3) is 0 Å². The Labute approximate surface area is 147 Å². The van der Waals surface area contributed by atoms with Crippen LogP contribution in [0.5, 0.6) is 0 Å². The van der Waals surface area contributed by atoms with Gasteiger partial charge >= 0.3 is 0 Å². The van der Waals surface area contributed by atoms with Crippen LogP contribution in [-0.4, -0.2) is 65.2 Å². The van der Waals surface area contributed by atoms with Crippen LogP contribution in [0.3, 0.4) is 0 Å². The number of nitrogens with two attached hydrogens (primary N) is 1. The molecule has 0 aliphatic heterocycles. The van der Waals surface area contributed by atoms with Gasteiger partial charge in [0.05, 0.1) is 46.2 Å². The zero-order chi connectivity index (χ0) is 17.0. The smallest absolute Gasteiger partial charge is 0.107 e. The number of hydrogen-bond donors (Lipinski definition) is 2. The normalized spacial score (nSPS) is 12.0. The molecular formula is C17H33NO4S. The van der Waals surface area contributed by atoms with Gasteiger partial charge < -0.3 is 24.7 Å². The molecule has 0 aromatic carbocycles. The molecule has 0 saturated carbocycles.